The first-order chi connectivity index (χ1) is 13.4. The molecule has 0 radical (unpaired) electrons. The van der Waals surface area contributed by atoms with E-state index in [4.69, 9.17) is 12.2 Å². The molecule has 3 heterocycles. The summed E-state index contributed by atoms with van der Waals surface area (Å²) >= 11 is 8.22. The molecule has 6 nitrogen and oxygen atoms in total. The van der Waals surface area contributed by atoms with E-state index in [9.17, 15) is 9.59 Å². The van der Waals surface area contributed by atoms with Crippen molar-refractivity contribution in [3.63, 3.8) is 0 Å². The number of carbonyl (C=O) groups is 1. The second kappa shape index (κ2) is 6.91. The number of hydrogen-bond donors (Lipinski definition) is 0. The van der Waals surface area contributed by atoms with Crippen LogP contribution >= 0.6 is 35.3 Å². The summed E-state index contributed by atoms with van der Waals surface area (Å²) in [6.07, 6.45) is 1.66. The molecule has 0 spiro atoms. The number of nitrogens with zero attached hydrogens (tertiary/aromatic N) is 4. The van der Waals surface area contributed by atoms with Gasteiger partial charge in [0.1, 0.15) is 19.9 Å². The van der Waals surface area contributed by atoms with E-state index in [0.29, 0.717) is 26.5 Å². The Hall–Kier alpha value is -2.36. The van der Waals surface area contributed by atoms with Crippen molar-refractivity contribution < 1.29 is 4.79 Å². The first-order valence-corrected chi connectivity index (χ1v) is 10.6. The molecule has 2 aliphatic heterocycles. The quantitative estimate of drug-likeness (QED) is 0.527. The van der Waals surface area contributed by atoms with Crippen LogP contribution in [-0.2, 0) is 11.3 Å². The van der Waals surface area contributed by atoms with Crippen molar-refractivity contribution >= 4 is 62.7 Å². The van der Waals surface area contributed by atoms with Crippen LogP contribution in [0.4, 0.5) is 5.69 Å². The molecule has 0 saturated carbocycles. The highest BCUT2D eigenvalue weighted by molar-refractivity contribution is 8.08. The van der Waals surface area contributed by atoms with Crippen molar-refractivity contribution in [1.82, 2.24) is 14.4 Å². The normalized spacial score (nSPS) is 20.3. The molecule has 1 aromatic heterocycles. The van der Waals surface area contributed by atoms with Crippen LogP contribution in [0.2, 0.25) is 0 Å². The van der Waals surface area contributed by atoms with Gasteiger partial charge in [0.2, 0.25) is 0 Å². The van der Waals surface area contributed by atoms with E-state index < -0.39 is 0 Å². The Bertz CT molecular complexity index is 1210. The summed E-state index contributed by atoms with van der Waals surface area (Å²) in [5.74, 6) is -0.209. The van der Waals surface area contributed by atoms with Gasteiger partial charge >= 0.3 is 0 Å². The van der Waals surface area contributed by atoms with Gasteiger partial charge < -0.3 is 9.80 Å². The lowest BCUT2D eigenvalue weighted by atomic mass is 10.3. The highest BCUT2D eigenvalue weighted by atomic mass is 32.2. The van der Waals surface area contributed by atoms with Gasteiger partial charge in [0.05, 0.1) is 5.69 Å². The van der Waals surface area contributed by atoms with Crippen molar-refractivity contribution in [2.75, 3.05) is 26.0 Å². The number of para-hydroxylation sites is 1. The number of benzene rings is 1. The predicted molar refractivity (Wildman–Crippen MR) is 119 cm³/mol. The summed E-state index contributed by atoms with van der Waals surface area (Å²) in [5, 5.41) is 1.28. The molecular formula is C19H18N4O2S3. The highest BCUT2D eigenvalue weighted by Crippen LogP contribution is 2.44. The zero-order chi connectivity index (χ0) is 20.2. The van der Waals surface area contributed by atoms with E-state index in [-0.39, 0.29) is 11.5 Å². The van der Waals surface area contributed by atoms with Gasteiger partial charge in [-0.25, -0.2) is 0 Å². The number of thioether (sulfide) groups is 1. The smallest absolute Gasteiger partial charge is 0.279 e. The maximum Gasteiger partial charge on any atom is 0.279 e. The van der Waals surface area contributed by atoms with E-state index in [2.05, 4.69) is 6.58 Å². The lowest BCUT2D eigenvalue weighted by Crippen LogP contribution is -2.35. The standard InChI is InChI=1S/C19H18N4O2S3/c1-5-10-23-16(25)14(18-20(2)11-8-6-7-9-12(11)27-18)28-17(23)13-15(24)22(4)19(26)21(13)3/h5-9H,1,10H2,2-4H3. The van der Waals surface area contributed by atoms with Crippen LogP contribution < -0.4 is 19.7 Å². The monoisotopic (exact) mass is 430 g/mol. The minimum absolute atomic E-state index is 0.128. The van der Waals surface area contributed by atoms with E-state index in [1.165, 1.54) is 16.2 Å². The Morgan fingerprint density at radius 2 is 1.82 bits per heavy atom. The predicted octanol–water partition coefficient (Wildman–Crippen LogP) is 1.20. The van der Waals surface area contributed by atoms with E-state index in [1.807, 2.05) is 36.2 Å². The van der Waals surface area contributed by atoms with Crippen molar-refractivity contribution in [1.29, 1.82) is 0 Å². The molecule has 1 fully saturated rings. The Morgan fingerprint density at radius 3 is 2.43 bits per heavy atom. The van der Waals surface area contributed by atoms with Crippen LogP contribution in [0.1, 0.15) is 0 Å². The van der Waals surface area contributed by atoms with Gasteiger partial charge in [0, 0.05) is 32.6 Å². The van der Waals surface area contributed by atoms with Crippen molar-refractivity contribution in [2.45, 2.75) is 11.4 Å². The fourth-order valence-corrected chi connectivity index (χ4v) is 5.97. The first kappa shape index (κ1) is 19.0. The van der Waals surface area contributed by atoms with Crippen molar-refractivity contribution in [3.8, 4) is 0 Å². The fraction of sp³-hybridized carbons (Fsp3) is 0.211. The molecule has 0 atom stereocenters. The molecule has 9 heteroatoms. The van der Waals surface area contributed by atoms with Crippen molar-refractivity contribution in [3.05, 3.63) is 56.5 Å². The summed E-state index contributed by atoms with van der Waals surface area (Å²) in [5.41, 5.74) is 1.36. The molecule has 0 unspecified atom stereocenters. The number of aromatic nitrogens is 1. The van der Waals surface area contributed by atoms with Gasteiger partial charge in [0.25, 0.3) is 11.5 Å². The molecule has 0 N–H and O–H groups in total. The number of amides is 1. The third-order valence-electron chi connectivity index (χ3n) is 4.75. The van der Waals surface area contributed by atoms with Gasteiger partial charge in [-0.05, 0) is 24.4 Å². The first-order valence-electron chi connectivity index (χ1n) is 8.52. The van der Waals surface area contributed by atoms with Gasteiger partial charge in [-0.1, -0.05) is 30.0 Å². The zero-order valence-corrected chi connectivity index (χ0v) is 18.1. The molecule has 1 saturated heterocycles. The molecule has 0 bridgehead atoms. The van der Waals surface area contributed by atoms with Crippen LogP contribution in [0, 0.1) is 0 Å². The Kier molecular flexibility index (Phi) is 4.68. The van der Waals surface area contributed by atoms with E-state index >= 15 is 0 Å². The number of fused-ring (bicyclic) bond motifs is 1. The molecule has 1 amide bonds. The highest BCUT2D eigenvalue weighted by Gasteiger charge is 2.35. The van der Waals surface area contributed by atoms with Gasteiger partial charge in [0.15, 0.2) is 5.11 Å². The molecule has 1 aromatic carbocycles. The molecule has 2 aliphatic rings. The summed E-state index contributed by atoms with van der Waals surface area (Å²) in [6.45, 7) is 4.09. The maximum atomic E-state index is 13.3. The topological polar surface area (TPSA) is 48.8 Å². The number of thiazole rings is 1. The zero-order valence-electron chi connectivity index (χ0n) is 15.6. The summed E-state index contributed by atoms with van der Waals surface area (Å²) in [6, 6.07) is 8.03. The van der Waals surface area contributed by atoms with Crippen LogP contribution in [0.25, 0.3) is 10.7 Å². The SMILES string of the molecule is C=CCn1c(=C2C(=O)N(C)C(=S)N2C)sc(=C2Sc3ccccc3N2C)c1=O. The van der Waals surface area contributed by atoms with E-state index in [1.54, 1.807) is 41.4 Å². The van der Waals surface area contributed by atoms with Crippen LogP contribution in [0.15, 0.2) is 46.6 Å². The van der Waals surface area contributed by atoms with Crippen LogP contribution in [-0.4, -0.2) is 46.5 Å². The average molecular weight is 431 g/mol. The third-order valence-corrected chi connectivity index (χ3v) is 7.84. The summed E-state index contributed by atoms with van der Waals surface area (Å²) < 4.78 is 2.80. The maximum absolute atomic E-state index is 13.3. The summed E-state index contributed by atoms with van der Waals surface area (Å²) in [7, 11) is 5.35. The van der Waals surface area contributed by atoms with Gasteiger partial charge in [-0.15, -0.1) is 17.9 Å². The number of hydrogen-bond acceptors (Lipinski definition) is 6. The average Bonchev–Trinajstić information content (AvgIpc) is 3.24. The number of carbonyl (C=O) groups excluding carboxylic acids is 1. The number of thiocarbonyl (C=S) groups is 1. The molecule has 4 rings (SSSR count). The third kappa shape index (κ3) is 2.65. The van der Waals surface area contributed by atoms with E-state index in [0.717, 1.165) is 15.6 Å². The summed E-state index contributed by atoms with van der Waals surface area (Å²) in [4.78, 5) is 32.3. The van der Waals surface area contributed by atoms with Crippen LogP contribution in [0.5, 0.6) is 0 Å². The number of allylic oxidation sites excluding steroid dienone is 1. The molecule has 144 valence electrons. The second-order valence-corrected chi connectivity index (χ2v) is 8.82. The van der Waals surface area contributed by atoms with Crippen molar-refractivity contribution in [2.24, 2.45) is 0 Å². The minimum Gasteiger partial charge on any atom is -0.337 e. The van der Waals surface area contributed by atoms with Gasteiger partial charge in [-0.3, -0.25) is 19.1 Å². The largest absolute Gasteiger partial charge is 0.337 e. The lowest BCUT2D eigenvalue weighted by molar-refractivity contribution is -0.120. The second-order valence-electron chi connectivity index (χ2n) is 6.43. The minimum atomic E-state index is -0.209. The fourth-order valence-electron chi connectivity index (χ4n) is 3.26. The number of likely N-dealkylation sites (N-methyl/N-ethyl adjacent to an activating group) is 2. The molecule has 28 heavy (non-hydrogen) atoms. The Morgan fingerprint density at radius 1 is 1.11 bits per heavy atom. The lowest BCUT2D eigenvalue weighted by Gasteiger charge is -2.11. The Balaban J connectivity index is 2.05. The molecule has 0 aliphatic carbocycles. The molecule has 2 aromatic rings. The number of rotatable bonds is 2. The Labute approximate surface area is 175 Å². The van der Waals surface area contributed by atoms with Crippen LogP contribution in [0.3, 0.4) is 0 Å². The number of anilines is 1. The van der Waals surface area contributed by atoms with Gasteiger partial charge in [-0.2, -0.15) is 0 Å². The molecular weight excluding hydrogens is 412 g/mol.